The number of nitrogens with two attached hydrogens (primary N) is 1. The molecule has 2 aromatic carbocycles. The van der Waals surface area contributed by atoms with Gasteiger partial charge in [0.25, 0.3) is 0 Å². The van der Waals surface area contributed by atoms with Crippen LogP contribution in [0.15, 0.2) is 48.5 Å². The maximum Gasteiger partial charge on any atom is 0.126 e. The third kappa shape index (κ3) is 3.32. The molecular weight excluding hydrogens is 239 g/mol. The molecule has 2 N–H and O–H groups in total. The Morgan fingerprint density at radius 3 is 2.26 bits per heavy atom. The number of anilines is 1. The van der Waals surface area contributed by atoms with Crippen LogP contribution < -0.4 is 10.6 Å². The fourth-order valence-corrected chi connectivity index (χ4v) is 2.04. The predicted octanol–water partition coefficient (Wildman–Crippen LogP) is 3.13. The fourth-order valence-electron chi connectivity index (χ4n) is 2.04. The Morgan fingerprint density at radius 1 is 1.05 bits per heavy atom. The third-order valence-electron chi connectivity index (χ3n) is 3.24. The van der Waals surface area contributed by atoms with Crippen LogP contribution in [0.5, 0.6) is 0 Å². The van der Waals surface area contributed by atoms with E-state index in [4.69, 9.17) is 5.73 Å². The van der Waals surface area contributed by atoms with Crippen molar-refractivity contribution in [2.45, 2.75) is 12.5 Å². The number of halogens is 1. The average Bonchev–Trinajstić information content (AvgIpc) is 2.41. The van der Waals surface area contributed by atoms with Crippen LogP contribution in [0.1, 0.15) is 17.2 Å². The van der Waals surface area contributed by atoms with Gasteiger partial charge in [-0.15, -0.1) is 0 Å². The van der Waals surface area contributed by atoms with E-state index in [0.717, 1.165) is 11.3 Å². The van der Waals surface area contributed by atoms with Gasteiger partial charge in [-0.2, -0.15) is 0 Å². The van der Waals surface area contributed by atoms with Gasteiger partial charge < -0.3 is 10.6 Å². The zero-order chi connectivity index (χ0) is 13.8. The summed E-state index contributed by atoms with van der Waals surface area (Å²) >= 11 is 0. The van der Waals surface area contributed by atoms with Crippen molar-refractivity contribution in [2.75, 3.05) is 19.0 Å². The molecule has 2 nitrogen and oxygen atoms in total. The molecule has 100 valence electrons. The van der Waals surface area contributed by atoms with Gasteiger partial charge in [-0.05, 0) is 35.7 Å². The lowest BCUT2D eigenvalue weighted by molar-refractivity contribution is 0.593. The van der Waals surface area contributed by atoms with Gasteiger partial charge in [-0.3, -0.25) is 0 Å². The standard InChI is InChI=1S/C16H19FN2/c1-19(2)14-9-7-12(8-10-14)16(18)11-13-5-3-4-6-15(13)17/h3-10,16H,11,18H2,1-2H3. The highest BCUT2D eigenvalue weighted by Crippen LogP contribution is 2.20. The maximum atomic E-state index is 13.6. The van der Waals surface area contributed by atoms with Crippen LogP contribution in [0.25, 0.3) is 0 Å². The molecule has 3 heteroatoms. The van der Waals surface area contributed by atoms with Gasteiger partial charge in [0.15, 0.2) is 0 Å². The van der Waals surface area contributed by atoms with E-state index in [2.05, 4.69) is 0 Å². The van der Waals surface area contributed by atoms with Crippen LogP contribution in [0.4, 0.5) is 10.1 Å². The number of hydrogen-bond acceptors (Lipinski definition) is 2. The summed E-state index contributed by atoms with van der Waals surface area (Å²) in [5.41, 5.74) is 8.95. The minimum atomic E-state index is -0.192. The Balaban J connectivity index is 2.12. The largest absolute Gasteiger partial charge is 0.378 e. The Morgan fingerprint density at radius 2 is 1.68 bits per heavy atom. The van der Waals surface area contributed by atoms with Crippen LogP contribution in [0.3, 0.4) is 0 Å². The Hall–Kier alpha value is -1.87. The normalized spacial score (nSPS) is 12.2. The van der Waals surface area contributed by atoms with Gasteiger partial charge in [-0.1, -0.05) is 30.3 Å². The minimum Gasteiger partial charge on any atom is -0.378 e. The van der Waals surface area contributed by atoms with Crippen molar-refractivity contribution >= 4 is 5.69 Å². The van der Waals surface area contributed by atoms with Crippen molar-refractivity contribution in [3.05, 3.63) is 65.5 Å². The zero-order valence-electron chi connectivity index (χ0n) is 11.3. The number of benzene rings is 2. The Bertz CT molecular complexity index is 535. The molecule has 0 heterocycles. The highest BCUT2D eigenvalue weighted by molar-refractivity contribution is 5.46. The molecule has 19 heavy (non-hydrogen) atoms. The smallest absolute Gasteiger partial charge is 0.126 e. The van der Waals surface area contributed by atoms with E-state index >= 15 is 0 Å². The molecule has 0 fully saturated rings. The van der Waals surface area contributed by atoms with Gasteiger partial charge >= 0.3 is 0 Å². The summed E-state index contributed by atoms with van der Waals surface area (Å²) in [5, 5.41) is 0. The first-order chi connectivity index (χ1) is 9.08. The van der Waals surface area contributed by atoms with Crippen LogP contribution in [0.2, 0.25) is 0 Å². The fraction of sp³-hybridized carbons (Fsp3) is 0.250. The van der Waals surface area contributed by atoms with Gasteiger partial charge in [0.2, 0.25) is 0 Å². The highest BCUT2D eigenvalue weighted by Gasteiger charge is 2.10. The molecule has 0 aliphatic heterocycles. The van der Waals surface area contributed by atoms with Crippen LogP contribution in [-0.2, 0) is 6.42 Å². The van der Waals surface area contributed by atoms with Gasteiger partial charge in [-0.25, -0.2) is 4.39 Å². The monoisotopic (exact) mass is 258 g/mol. The summed E-state index contributed by atoms with van der Waals surface area (Å²) in [7, 11) is 3.99. The van der Waals surface area contributed by atoms with Gasteiger partial charge in [0.1, 0.15) is 5.82 Å². The van der Waals surface area contributed by atoms with E-state index in [9.17, 15) is 4.39 Å². The molecule has 1 atom stereocenters. The van der Waals surface area contributed by atoms with Crippen molar-refractivity contribution in [3.63, 3.8) is 0 Å². The van der Waals surface area contributed by atoms with E-state index in [1.807, 2.05) is 49.3 Å². The molecule has 0 aliphatic carbocycles. The molecule has 0 bridgehead atoms. The number of rotatable bonds is 4. The van der Waals surface area contributed by atoms with Crippen molar-refractivity contribution < 1.29 is 4.39 Å². The second kappa shape index (κ2) is 5.85. The molecule has 0 saturated heterocycles. The average molecular weight is 258 g/mol. The van der Waals surface area contributed by atoms with Crippen LogP contribution >= 0.6 is 0 Å². The van der Waals surface area contributed by atoms with E-state index in [1.165, 1.54) is 6.07 Å². The maximum absolute atomic E-state index is 13.6. The first-order valence-electron chi connectivity index (χ1n) is 6.34. The highest BCUT2D eigenvalue weighted by atomic mass is 19.1. The summed E-state index contributed by atoms with van der Waals surface area (Å²) < 4.78 is 13.6. The molecule has 0 spiro atoms. The van der Waals surface area contributed by atoms with Crippen LogP contribution in [0, 0.1) is 5.82 Å². The first kappa shape index (κ1) is 13.6. The van der Waals surface area contributed by atoms with E-state index in [1.54, 1.807) is 12.1 Å². The summed E-state index contributed by atoms with van der Waals surface area (Å²) in [4.78, 5) is 2.03. The first-order valence-corrected chi connectivity index (χ1v) is 6.34. The summed E-state index contributed by atoms with van der Waals surface area (Å²) in [6, 6.07) is 14.6. The molecule has 0 radical (unpaired) electrons. The van der Waals surface area contributed by atoms with Crippen molar-refractivity contribution in [1.82, 2.24) is 0 Å². The SMILES string of the molecule is CN(C)c1ccc(C(N)Cc2ccccc2F)cc1. The van der Waals surface area contributed by atoms with Gasteiger partial charge in [0.05, 0.1) is 0 Å². The Kier molecular flexibility index (Phi) is 4.17. The third-order valence-corrected chi connectivity index (χ3v) is 3.24. The second-order valence-corrected chi connectivity index (χ2v) is 4.89. The summed E-state index contributed by atoms with van der Waals surface area (Å²) in [6.07, 6.45) is 0.508. The molecule has 0 aromatic heterocycles. The minimum absolute atomic E-state index is 0.187. The predicted molar refractivity (Wildman–Crippen MR) is 77.8 cm³/mol. The van der Waals surface area contributed by atoms with E-state index < -0.39 is 0 Å². The molecule has 0 aliphatic rings. The Labute approximate surface area is 113 Å². The summed E-state index contributed by atoms with van der Waals surface area (Å²) in [6.45, 7) is 0. The molecule has 2 rings (SSSR count). The number of hydrogen-bond donors (Lipinski definition) is 1. The zero-order valence-corrected chi connectivity index (χ0v) is 11.3. The van der Waals surface area contributed by atoms with E-state index in [0.29, 0.717) is 12.0 Å². The second-order valence-electron chi connectivity index (χ2n) is 4.89. The number of nitrogens with zero attached hydrogens (tertiary/aromatic N) is 1. The molecule has 1 unspecified atom stereocenters. The topological polar surface area (TPSA) is 29.3 Å². The molecule has 2 aromatic rings. The lowest BCUT2D eigenvalue weighted by Crippen LogP contribution is -2.15. The van der Waals surface area contributed by atoms with Crippen LogP contribution in [-0.4, -0.2) is 14.1 Å². The molecular formula is C16H19FN2. The van der Waals surface area contributed by atoms with E-state index in [-0.39, 0.29) is 11.9 Å². The van der Waals surface area contributed by atoms with Crippen molar-refractivity contribution in [2.24, 2.45) is 5.73 Å². The lowest BCUT2D eigenvalue weighted by Gasteiger charge is -2.16. The van der Waals surface area contributed by atoms with Crippen molar-refractivity contribution in [3.8, 4) is 0 Å². The summed E-state index contributed by atoms with van der Waals surface area (Å²) in [5.74, 6) is -0.192. The van der Waals surface area contributed by atoms with Gasteiger partial charge in [0, 0.05) is 25.8 Å². The lowest BCUT2D eigenvalue weighted by atomic mass is 9.99. The quantitative estimate of drug-likeness (QED) is 0.913. The molecule has 0 saturated carbocycles. The molecule has 0 amide bonds. The van der Waals surface area contributed by atoms with Crippen molar-refractivity contribution in [1.29, 1.82) is 0 Å².